The quantitative estimate of drug-likeness (QED) is 0.0918. The molecule has 0 N–H and O–H groups in total. The predicted octanol–water partition coefficient (Wildman–Crippen LogP) is 7.76. The Morgan fingerprint density at radius 2 is 1.24 bits per heavy atom. The van der Waals surface area contributed by atoms with Gasteiger partial charge in [0.2, 0.25) is 0 Å². The van der Waals surface area contributed by atoms with Crippen molar-refractivity contribution in [2.45, 2.75) is 123 Å². The summed E-state index contributed by atoms with van der Waals surface area (Å²) in [5.74, 6) is 0. The minimum Gasteiger partial charge on any atom is -0.475 e. The molecule has 0 fully saturated rings. The van der Waals surface area contributed by atoms with E-state index < -0.39 is 0 Å². The van der Waals surface area contributed by atoms with Crippen molar-refractivity contribution in [3.05, 3.63) is 12.3 Å². The van der Waals surface area contributed by atoms with Gasteiger partial charge in [0.05, 0.1) is 6.26 Å². The van der Waals surface area contributed by atoms with Crippen molar-refractivity contribution in [2.24, 2.45) is 0 Å². The van der Waals surface area contributed by atoms with Crippen LogP contribution in [0, 0.1) is 0 Å². The number of hydrogen-bond donors (Lipinski definition) is 0. The third kappa shape index (κ3) is 23.6. The first-order chi connectivity index (χ1) is 14.3. The van der Waals surface area contributed by atoms with Crippen LogP contribution >= 0.6 is 0 Å². The minimum atomic E-state index is 0.0143. The van der Waals surface area contributed by atoms with Crippen LogP contribution in [0.15, 0.2) is 12.3 Å². The van der Waals surface area contributed by atoms with E-state index in [1.807, 2.05) is 6.92 Å². The lowest BCUT2D eigenvalue weighted by atomic mass is 10.1. The molecule has 0 saturated carbocycles. The molecule has 4 nitrogen and oxygen atoms in total. The van der Waals surface area contributed by atoms with E-state index in [1.165, 1.54) is 70.6 Å². The molecule has 0 spiro atoms. The molecule has 0 radical (unpaired) electrons. The van der Waals surface area contributed by atoms with E-state index in [4.69, 9.17) is 18.9 Å². The maximum absolute atomic E-state index is 5.99. The van der Waals surface area contributed by atoms with Gasteiger partial charge >= 0.3 is 0 Å². The summed E-state index contributed by atoms with van der Waals surface area (Å²) < 4.78 is 22.3. The van der Waals surface area contributed by atoms with Crippen molar-refractivity contribution in [3.63, 3.8) is 0 Å². The second-order valence-electron chi connectivity index (χ2n) is 7.79. The fraction of sp³-hybridized carbons (Fsp3) is 0.920. The second-order valence-corrected chi connectivity index (χ2v) is 7.79. The van der Waals surface area contributed by atoms with Crippen LogP contribution < -0.4 is 0 Å². The molecule has 0 aliphatic carbocycles. The van der Waals surface area contributed by atoms with Crippen LogP contribution in [0.2, 0.25) is 0 Å². The van der Waals surface area contributed by atoms with Crippen molar-refractivity contribution in [2.75, 3.05) is 26.6 Å². The van der Waals surface area contributed by atoms with Gasteiger partial charge in [0.25, 0.3) is 0 Å². The summed E-state index contributed by atoms with van der Waals surface area (Å²) in [6.07, 6.45) is 22.3. The number of ether oxygens (including phenoxy) is 4. The van der Waals surface area contributed by atoms with Gasteiger partial charge in [0.1, 0.15) is 0 Å². The minimum absolute atomic E-state index is 0.0143. The zero-order valence-electron chi connectivity index (χ0n) is 19.8. The molecule has 174 valence electrons. The van der Waals surface area contributed by atoms with Gasteiger partial charge in [0, 0.05) is 19.8 Å². The molecule has 0 amide bonds. The Balaban J connectivity index is 3.56. The van der Waals surface area contributed by atoms with E-state index in [-0.39, 0.29) is 6.29 Å². The normalized spacial score (nSPS) is 11.7. The maximum atomic E-state index is 5.99. The number of rotatable bonds is 24. The summed E-state index contributed by atoms with van der Waals surface area (Å²) in [6, 6.07) is 0. The molecule has 0 bridgehead atoms. The van der Waals surface area contributed by atoms with E-state index in [9.17, 15) is 0 Å². The van der Waals surface area contributed by atoms with Crippen molar-refractivity contribution < 1.29 is 18.9 Å². The first-order valence-electron chi connectivity index (χ1n) is 12.4. The lowest BCUT2D eigenvalue weighted by Gasteiger charge is -2.18. The van der Waals surface area contributed by atoms with E-state index in [0.29, 0.717) is 13.4 Å². The van der Waals surface area contributed by atoms with Crippen LogP contribution in [0.3, 0.4) is 0 Å². The van der Waals surface area contributed by atoms with Gasteiger partial charge in [-0.25, -0.2) is 0 Å². The first kappa shape index (κ1) is 28.4. The monoisotopic (exact) mass is 414 g/mol. The lowest BCUT2D eigenvalue weighted by molar-refractivity contribution is -0.148. The average Bonchev–Trinajstić information content (AvgIpc) is 2.73. The average molecular weight is 415 g/mol. The molecule has 0 saturated heterocycles. The van der Waals surface area contributed by atoms with Crippen LogP contribution in [0.5, 0.6) is 0 Å². The SMILES string of the molecule is CCCCCOC(CCCCCCCCCC=COCOCC)OCCCCC. The highest BCUT2D eigenvalue weighted by Gasteiger charge is 2.09. The zero-order valence-corrected chi connectivity index (χ0v) is 19.8. The summed E-state index contributed by atoms with van der Waals surface area (Å²) in [5, 5.41) is 0. The molecule has 0 heterocycles. The Bertz CT molecular complexity index is 308. The Labute approximate surface area is 181 Å². The highest BCUT2D eigenvalue weighted by atomic mass is 16.7. The van der Waals surface area contributed by atoms with Gasteiger partial charge in [-0.1, -0.05) is 71.6 Å². The summed E-state index contributed by atoms with van der Waals surface area (Å²) in [6.45, 7) is 9.18. The third-order valence-electron chi connectivity index (χ3n) is 4.96. The summed E-state index contributed by atoms with van der Waals surface area (Å²) in [5.41, 5.74) is 0. The van der Waals surface area contributed by atoms with Crippen molar-refractivity contribution in [1.29, 1.82) is 0 Å². The van der Waals surface area contributed by atoms with Crippen molar-refractivity contribution >= 4 is 0 Å². The maximum Gasteiger partial charge on any atom is 0.188 e. The van der Waals surface area contributed by atoms with Crippen LogP contribution in [0.4, 0.5) is 0 Å². The molecular weight excluding hydrogens is 364 g/mol. The Morgan fingerprint density at radius 3 is 1.83 bits per heavy atom. The highest BCUT2D eigenvalue weighted by Crippen LogP contribution is 2.14. The van der Waals surface area contributed by atoms with Gasteiger partial charge in [-0.15, -0.1) is 0 Å². The Morgan fingerprint density at radius 1 is 0.655 bits per heavy atom. The van der Waals surface area contributed by atoms with Gasteiger partial charge in [0.15, 0.2) is 13.1 Å². The van der Waals surface area contributed by atoms with Crippen LogP contribution in [0.25, 0.3) is 0 Å². The largest absolute Gasteiger partial charge is 0.475 e. The summed E-state index contributed by atoms with van der Waals surface area (Å²) in [4.78, 5) is 0. The fourth-order valence-corrected chi connectivity index (χ4v) is 3.11. The van der Waals surface area contributed by atoms with Crippen LogP contribution in [-0.2, 0) is 18.9 Å². The van der Waals surface area contributed by atoms with Crippen molar-refractivity contribution in [1.82, 2.24) is 0 Å². The van der Waals surface area contributed by atoms with Crippen LogP contribution in [-0.4, -0.2) is 32.9 Å². The Kier molecular flexibility index (Phi) is 24.9. The molecule has 0 rings (SSSR count). The van der Waals surface area contributed by atoms with Gasteiger partial charge in [-0.3, -0.25) is 0 Å². The number of unbranched alkanes of at least 4 members (excludes halogenated alkanes) is 11. The number of allylic oxidation sites excluding steroid dienone is 1. The molecule has 0 aromatic heterocycles. The smallest absolute Gasteiger partial charge is 0.188 e. The Hall–Kier alpha value is -0.580. The molecule has 0 aromatic rings. The van der Waals surface area contributed by atoms with Gasteiger partial charge < -0.3 is 18.9 Å². The molecule has 0 atom stereocenters. The zero-order chi connectivity index (χ0) is 21.3. The predicted molar refractivity (Wildman–Crippen MR) is 123 cm³/mol. The van der Waals surface area contributed by atoms with Gasteiger partial charge in [-0.2, -0.15) is 0 Å². The van der Waals surface area contributed by atoms with E-state index in [1.54, 1.807) is 6.26 Å². The topological polar surface area (TPSA) is 36.9 Å². The van der Waals surface area contributed by atoms with Crippen LogP contribution in [0.1, 0.15) is 117 Å². The molecule has 0 aliphatic heterocycles. The van der Waals surface area contributed by atoms with Crippen molar-refractivity contribution in [3.8, 4) is 0 Å². The molecule has 0 unspecified atom stereocenters. The summed E-state index contributed by atoms with van der Waals surface area (Å²) in [7, 11) is 0. The third-order valence-corrected chi connectivity index (χ3v) is 4.96. The first-order valence-corrected chi connectivity index (χ1v) is 12.4. The van der Waals surface area contributed by atoms with E-state index in [0.717, 1.165) is 38.9 Å². The molecule has 0 aliphatic rings. The van der Waals surface area contributed by atoms with E-state index in [2.05, 4.69) is 19.9 Å². The summed E-state index contributed by atoms with van der Waals surface area (Å²) >= 11 is 0. The fourth-order valence-electron chi connectivity index (χ4n) is 3.11. The lowest BCUT2D eigenvalue weighted by Crippen LogP contribution is -2.19. The standard InChI is InChI=1S/C25H50O4/c1-4-7-17-22-28-25(29-23-18-8-5-2)20-16-14-12-10-9-11-13-15-19-21-27-24-26-6-3/h19,21,25H,4-18,20,22-24H2,1-3H3. The highest BCUT2D eigenvalue weighted by molar-refractivity contribution is 4.72. The second kappa shape index (κ2) is 25.5. The molecule has 29 heavy (non-hydrogen) atoms. The van der Waals surface area contributed by atoms with E-state index >= 15 is 0 Å². The van der Waals surface area contributed by atoms with Gasteiger partial charge in [-0.05, 0) is 51.5 Å². The molecule has 0 aromatic carbocycles. The molecule has 4 heteroatoms. The molecular formula is C25H50O4. The number of hydrogen-bond acceptors (Lipinski definition) is 4.